The molecule has 1 aliphatic rings. The van der Waals surface area contributed by atoms with Crippen molar-refractivity contribution in [2.75, 3.05) is 0 Å². The van der Waals surface area contributed by atoms with E-state index in [1.165, 1.54) is 19.3 Å². The normalized spacial score (nSPS) is 16.2. The summed E-state index contributed by atoms with van der Waals surface area (Å²) in [5.74, 6) is 0.614. The van der Waals surface area contributed by atoms with Crippen molar-refractivity contribution in [2.24, 2.45) is 0 Å². The molecule has 3 rings (SSSR count). The molecule has 0 aliphatic heterocycles. The first-order chi connectivity index (χ1) is 7.83. The molecule has 1 saturated carbocycles. The largest absolute Gasteiger partial charge is 0.221 e. The third-order valence-electron chi connectivity index (χ3n) is 3.19. The van der Waals surface area contributed by atoms with Crippen LogP contribution in [0.1, 0.15) is 48.5 Å². The second-order valence-corrected chi connectivity index (χ2v) is 5.12. The number of hydrogen-bond donors (Lipinski definition) is 0. The average molecular weight is 232 g/mol. The van der Waals surface area contributed by atoms with Gasteiger partial charge in [-0.25, -0.2) is 4.98 Å². The van der Waals surface area contributed by atoms with Gasteiger partial charge in [0.1, 0.15) is 11.1 Å². The van der Waals surface area contributed by atoms with E-state index < -0.39 is 0 Å². The van der Waals surface area contributed by atoms with Crippen LogP contribution in [0.5, 0.6) is 0 Å². The predicted molar refractivity (Wildman–Crippen MR) is 61.5 cm³/mol. The minimum absolute atomic E-state index is 0.610. The molecule has 4 nitrogen and oxygen atoms in total. The van der Waals surface area contributed by atoms with Crippen molar-refractivity contribution >= 4 is 16.3 Å². The first kappa shape index (κ1) is 9.79. The van der Waals surface area contributed by atoms with Crippen LogP contribution >= 0.6 is 11.3 Å². The number of imidazole rings is 1. The SMILES string of the molecule is CCc1nc2sc(C3CCC3)nn2c1C#N. The predicted octanol–water partition coefficient (Wildman–Crippen LogP) is 2.49. The number of aryl methyl sites for hydroxylation is 1. The topological polar surface area (TPSA) is 54.0 Å². The fourth-order valence-corrected chi connectivity index (χ4v) is 3.07. The number of fused-ring (bicyclic) bond motifs is 1. The molecule has 82 valence electrons. The highest BCUT2D eigenvalue weighted by Crippen LogP contribution is 2.38. The lowest BCUT2D eigenvalue weighted by Crippen LogP contribution is -2.08. The van der Waals surface area contributed by atoms with E-state index in [0.29, 0.717) is 11.6 Å². The third-order valence-corrected chi connectivity index (χ3v) is 4.26. The lowest BCUT2D eigenvalue weighted by atomic mass is 9.86. The summed E-state index contributed by atoms with van der Waals surface area (Å²) < 4.78 is 1.72. The third kappa shape index (κ3) is 1.26. The molecule has 16 heavy (non-hydrogen) atoms. The minimum atomic E-state index is 0.610. The van der Waals surface area contributed by atoms with Crippen molar-refractivity contribution in [3.8, 4) is 6.07 Å². The van der Waals surface area contributed by atoms with E-state index in [-0.39, 0.29) is 0 Å². The molecular formula is C11H12N4S. The Kier molecular flexibility index (Phi) is 2.18. The van der Waals surface area contributed by atoms with E-state index in [0.717, 1.165) is 22.1 Å². The molecule has 2 aromatic heterocycles. The monoisotopic (exact) mass is 232 g/mol. The van der Waals surface area contributed by atoms with Crippen molar-refractivity contribution in [1.82, 2.24) is 14.6 Å². The van der Waals surface area contributed by atoms with E-state index in [9.17, 15) is 0 Å². The van der Waals surface area contributed by atoms with Crippen LogP contribution in [0.2, 0.25) is 0 Å². The highest BCUT2D eigenvalue weighted by molar-refractivity contribution is 7.16. The molecule has 1 fully saturated rings. The van der Waals surface area contributed by atoms with Crippen molar-refractivity contribution in [2.45, 2.75) is 38.5 Å². The van der Waals surface area contributed by atoms with Crippen LogP contribution in [0.15, 0.2) is 0 Å². The van der Waals surface area contributed by atoms with Gasteiger partial charge in [-0.15, -0.1) is 0 Å². The van der Waals surface area contributed by atoms with Gasteiger partial charge < -0.3 is 0 Å². The Bertz CT molecular complexity index is 571. The van der Waals surface area contributed by atoms with Crippen molar-refractivity contribution in [1.29, 1.82) is 5.26 Å². The molecule has 0 unspecified atom stereocenters. The quantitative estimate of drug-likeness (QED) is 0.799. The molecule has 0 radical (unpaired) electrons. The van der Waals surface area contributed by atoms with Crippen LogP contribution in [0.3, 0.4) is 0 Å². The van der Waals surface area contributed by atoms with Crippen molar-refractivity contribution < 1.29 is 0 Å². The molecule has 0 aromatic carbocycles. The molecule has 0 amide bonds. The van der Waals surface area contributed by atoms with E-state index in [1.807, 2.05) is 6.92 Å². The molecule has 0 saturated heterocycles. The Labute approximate surface area is 97.5 Å². The Morgan fingerprint density at radius 3 is 2.94 bits per heavy atom. The lowest BCUT2D eigenvalue weighted by Gasteiger charge is -2.21. The van der Waals surface area contributed by atoms with Crippen LogP contribution in [-0.2, 0) is 6.42 Å². The van der Waals surface area contributed by atoms with Crippen LogP contribution in [0, 0.1) is 11.3 Å². The summed E-state index contributed by atoms with van der Waals surface area (Å²) in [4.78, 5) is 5.33. The molecule has 0 bridgehead atoms. The number of rotatable bonds is 2. The van der Waals surface area contributed by atoms with Gasteiger partial charge in [-0.2, -0.15) is 14.9 Å². The minimum Gasteiger partial charge on any atom is -0.221 e. The van der Waals surface area contributed by atoms with Gasteiger partial charge in [0, 0.05) is 5.92 Å². The number of hydrogen-bond acceptors (Lipinski definition) is 4. The molecule has 5 heteroatoms. The second kappa shape index (κ2) is 3.56. The van der Waals surface area contributed by atoms with Crippen LogP contribution in [0.25, 0.3) is 4.96 Å². The highest BCUT2D eigenvalue weighted by Gasteiger charge is 2.25. The maximum Gasteiger partial charge on any atom is 0.213 e. The summed E-state index contributed by atoms with van der Waals surface area (Å²) >= 11 is 1.64. The van der Waals surface area contributed by atoms with Crippen LogP contribution < -0.4 is 0 Å². The zero-order chi connectivity index (χ0) is 11.1. The summed E-state index contributed by atoms with van der Waals surface area (Å²) in [5, 5.41) is 14.8. The van der Waals surface area contributed by atoms with Gasteiger partial charge in [0.15, 0.2) is 5.69 Å². The Morgan fingerprint density at radius 1 is 1.56 bits per heavy atom. The van der Waals surface area contributed by atoms with Crippen LogP contribution in [0.4, 0.5) is 0 Å². The first-order valence-corrected chi connectivity index (χ1v) is 6.43. The van der Waals surface area contributed by atoms with Crippen molar-refractivity contribution in [3.05, 3.63) is 16.4 Å². The van der Waals surface area contributed by atoms with Crippen LogP contribution in [-0.4, -0.2) is 14.6 Å². The molecule has 0 spiro atoms. The molecule has 2 aromatic rings. The van der Waals surface area contributed by atoms with Gasteiger partial charge in [-0.1, -0.05) is 24.7 Å². The van der Waals surface area contributed by atoms with Crippen molar-refractivity contribution in [3.63, 3.8) is 0 Å². The zero-order valence-electron chi connectivity index (χ0n) is 9.10. The van der Waals surface area contributed by atoms with Gasteiger partial charge in [0.2, 0.25) is 4.96 Å². The van der Waals surface area contributed by atoms with Gasteiger partial charge in [0.25, 0.3) is 0 Å². The first-order valence-electron chi connectivity index (χ1n) is 5.62. The maximum atomic E-state index is 9.11. The molecule has 1 aliphatic carbocycles. The smallest absolute Gasteiger partial charge is 0.213 e. The second-order valence-electron chi connectivity index (χ2n) is 4.13. The summed E-state index contributed by atoms with van der Waals surface area (Å²) in [6.45, 7) is 2.01. The van der Waals surface area contributed by atoms with E-state index >= 15 is 0 Å². The zero-order valence-corrected chi connectivity index (χ0v) is 9.92. The number of nitrogens with zero attached hydrogens (tertiary/aromatic N) is 4. The summed E-state index contributed by atoms with van der Waals surface area (Å²) in [6, 6.07) is 2.20. The van der Waals surface area contributed by atoms with Gasteiger partial charge in [0.05, 0.1) is 5.69 Å². The van der Waals surface area contributed by atoms with Gasteiger partial charge in [-0.3, -0.25) is 0 Å². The summed E-state index contributed by atoms with van der Waals surface area (Å²) in [5.41, 5.74) is 1.47. The van der Waals surface area contributed by atoms with E-state index in [4.69, 9.17) is 5.26 Å². The molecule has 0 atom stereocenters. The maximum absolute atomic E-state index is 9.11. The Morgan fingerprint density at radius 2 is 2.38 bits per heavy atom. The van der Waals surface area contributed by atoms with Gasteiger partial charge in [-0.05, 0) is 19.3 Å². The summed E-state index contributed by atoms with van der Waals surface area (Å²) in [6.07, 6.45) is 4.56. The Balaban J connectivity index is 2.12. The molecule has 2 heterocycles. The van der Waals surface area contributed by atoms with E-state index in [1.54, 1.807) is 15.9 Å². The average Bonchev–Trinajstić information content (AvgIpc) is 2.70. The fourth-order valence-electron chi connectivity index (χ4n) is 1.98. The lowest BCUT2D eigenvalue weighted by molar-refractivity contribution is 0.415. The fraction of sp³-hybridized carbons (Fsp3) is 0.545. The van der Waals surface area contributed by atoms with Gasteiger partial charge >= 0.3 is 0 Å². The standard InChI is InChI=1S/C11H12N4S/c1-2-8-9(6-12)15-11(13-8)16-10(14-15)7-4-3-5-7/h7H,2-5H2,1H3. The molecule has 0 N–H and O–H groups in total. The number of nitriles is 1. The number of aromatic nitrogens is 3. The molecular weight excluding hydrogens is 220 g/mol. The van der Waals surface area contributed by atoms with E-state index in [2.05, 4.69) is 16.2 Å². The summed E-state index contributed by atoms with van der Waals surface area (Å²) in [7, 11) is 0. The highest BCUT2D eigenvalue weighted by atomic mass is 32.1. The Hall–Kier alpha value is -1.41.